The molecule has 0 unspecified atom stereocenters. The molecular formula is C16H22N2O3. The Morgan fingerprint density at radius 2 is 2.05 bits per heavy atom. The summed E-state index contributed by atoms with van der Waals surface area (Å²) < 4.78 is 5.46. The molecule has 0 spiro atoms. The SMILES string of the molecule is CCN(CC)C(=O)CCN1C(=O)COc2cc(C)ccc21. The highest BCUT2D eigenvalue weighted by Crippen LogP contribution is 2.32. The molecule has 2 rings (SSSR count). The summed E-state index contributed by atoms with van der Waals surface area (Å²) in [5.74, 6) is 0.691. The van der Waals surface area contributed by atoms with Crippen LogP contribution in [0.3, 0.4) is 0 Å². The predicted octanol–water partition coefficient (Wildman–Crippen LogP) is 1.98. The van der Waals surface area contributed by atoms with Crippen LogP contribution in [0.1, 0.15) is 25.8 Å². The van der Waals surface area contributed by atoms with E-state index in [0.717, 1.165) is 11.3 Å². The molecule has 0 saturated carbocycles. The molecule has 0 atom stereocenters. The number of benzene rings is 1. The maximum atomic E-state index is 12.1. The zero-order valence-corrected chi connectivity index (χ0v) is 12.9. The Hall–Kier alpha value is -2.04. The number of aryl methyl sites for hydroxylation is 1. The Morgan fingerprint density at radius 3 is 2.71 bits per heavy atom. The average molecular weight is 290 g/mol. The van der Waals surface area contributed by atoms with E-state index in [9.17, 15) is 9.59 Å². The monoisotopic (exact) mass is 290 g/mol. The van der Waals surface area contributed by atoms with E-state index in [1.807, 2.05) is 39.0 Å². The highest BCUT2D eigenvalue weighted by molar-refractivity contribution is 5.98. The topological polar surface area (TPSA) is 49.9 Å². The number of hydrogen-bond acceptors (Lipinski definition) is 3. The molecule has 0 N–H and O–H groups in total. The van der Waals surface area contributed by atoms with Crippen LogP contribution in [0.5, 0.6) is 5.75 Å². The van der Waals surface area contributed by atoms with Crippen molar-refractivity contribution in [2.45, 2.75) is 27.2 Å². The summed E-state index contributed by atoms with van der Waals surface area (Å²) in [5, 5.41) is 0. The van der Waals surface area contributed by atoms with Crippen molar-refractivity contribution in [2.24, 2.45) is 0 Å². The van der Waals surface area contributed by atoms with Crippen molar-refractivity contribution in [3.8, 4) is 5.75 Å². The minimum absolute atomic E-state index is 0.0376. The first-order valence-electron chi connectivity index (χ1n) is 7.38. The quantitative estimate of drug-likeness (QED) is 0.833. The molecule has 1 heterocycles. The lowest BCUT2D eigenvalue weighted by Crippen LogP contribution is -2.41. The number of hydrogen-bond donors (Lipinski definition) is 0. The minimum atomic E-state index is -0.0984. The number of nitrogens with zero attached hydrogens (tertiary/aromatic N) is 2. The van der Waals surface area contributed by atoms with Gasteiger partial charge in [0, 0.05) is 26.1 Å². The van der Waals surface area contributed by atoms with Gasteiger partial charge in [0.25, 0.3) is 5.91 Å². The average Bonchev–Trinajstić information content (AvgIpc) is 2.47. The van der Waals surface area contributed by atoms with E-state index in [1.54, 1.807) is 9.80 Å². The second-order valence-electron chi connectivity index (χ2n) is 5.12. The predicted molar refractivity (Wildman–Crippen MR) is 81.6 cm³/mol. The summed E-state index contributed by atoms with van der Waals surface area (Å²) >= 11 is 0. The molecule has 5 heteroatoms. The lowest BCUT2D eigenvalue weighted by Gasteiger charge is -2.30. The first-order chi connectivity index (χ1) is 10.1. The van der Waals surface area contributed by atoms with Crippen LogP contribution in [0.15, 0.2) is 18.2 Å². The van der Waals surface area contributed by atoms with Gasteiger partial charge in [-0.2, -0.15) is 0 Å². The zero-order chi connectivity index (χ0) is 15.4. The van der Waals surface area contributed by atoms with E-state index in [4.69, 9.17) is 4.74 Å². The Labute approximate surface area is 125 Å². The van der Waals surface area contributed by atoms with Crippen molar-refractivity contribution >= 4 is 17.5 Å². The van der Waals surface area contributed by atoms with Gasteiger partial charge in [-0.05, 0) is 38.5 Å². The van der Waals surface area contributed by atoms with Gasteiger partial charge in [0.2, 0.25) is 5.91 Å². The van der Waals surface area contributed by atoms with Gasteiger partial charge in [-0.3, -0.25) is 9.59 Å². The third-order valence-corrected chi connectivity index (χ3v) is 3.72. The second-order valence-corrected chi connectivity index (χ2v) is 5.12. The molecule has 1 aromatic carbocycles. The summed E-state index contributed by atoms with van der Waals surface area (Å²) in [5.41, 5.74) is 1.84. The third kappa shape index (κ3) is 3.35. The van der Waals surface area contributed by atoms with Gasteiger partial charge >= 0.3 is 0 Å². The smallest absolute Gasteiger partial charge is 0.265 e. The molecule has 1 aliphatic heterocycles. The molecule has 2 amide bonds. The van der Waals surface area contributed by atoms with Gasteiger partial charge in [0.15, 0.2) is 6.61 Å². The summed E-state index contributed by atoms with van der Waals surface area (Å²) in [6.45, 7) is 7.72. The van der Waals surface area contributed by atoms with E-state index in [1.165, 1.54) is 0 Å². The van der Waals surface area contributed by atoms with Crippen molar-refractivity contribution in [1.82, 2.24) is 4.90 Å². The Morgan fingerprint density at radius 1 is 1.33 bits per heavy atom. The van der Waals surface area contributed by atoms with Gasteiger partial charge in [-0.1, -0.05) is 6.07 Å². The molecule has 114 valence electrons. The summed E-state index contributed by atoms with van der Waals surface area (Å²) in [6, 6.07) is 5.74. The van der Waals surface area contributed by atoms with E-state index < -0.39 is 0 Å². The number of carbonyl (C=O) groups is 2. The molecule has 0 aliphatic carbocycles. The fourth-order valence-corrected chi connectivity index (χ4v) is 2.50. The number of ether oxygens (including phenoxy) is 1. The second kappa shape index (κ2) is 6.61. The molecule has 0 aromatic heterocycles. The van der Waals surface area contributed by atoms with Crippen molar-refractivity contribution < 1.29 is 14.3 Å². The van der Waals surface area contributed by atoms with Gasteiger partial charge in [0.05, 0.1) is 5.69 Å². The van der Waals surface area contributed by atoms with Crippen molar-refractivity contribution in [2.75, 3.05) is 31.1 Å². The van der Waals surface area contributed by atoms with Gasteiger partial charge in [0.1, 0.15) is 5.75 Å². The van der Waals surface area contributed by atoms with Crippen molar-refractivity contribution in [3.63, 3.8) is 0 Å². The maximum Gasteiger partial charge on any atom is 0.265 e. The molecule has 21 heavy (non-hydrogen) atoms. The van der Waals surface area contributed by atoms with Crippen LogP contribution in [0.4, 0.5) is 5.69 Å². The van der Waals surface area contributed by atoms with Crippen molar-refractivity contribution in [3.05, 3.63) is 23.8 Å². The first kappa shape index (κ1) is 15.4. The van der Waals surface area contributed by atoms with Gasteiger partial charge in [-0.25, -0.2) is 0 Å². The number of anilines is 1. The molecule has 1 aromatic rings. The normalized spacial score (nSPS) is 13.7. The highest BCUT2D eigenvalue weighted by Gasteiger charge is 2.26. The molecule has 0 saturated heterocycles. The number of fused-ring (bicyclic) bond motifs is 1. The van der Waals surface area contributed by atoms with Gasteiger partial charge in [-0.15, -0.1) is 0 Å². The summed E-state index contributed by atoms with van der Waals surface area (Å²) in [4.78, 5) is 27.5. The van der Waals surface area contributed by atoms with Crippen LogP contribution in [0, 0.1) is 6.92 Å². The van der Waals surface area contributed by atoms with Gasteiger partial charge < -0.3 is 14.5 Å². The van der Waals surface area contributed by atoms with Crippen LogP contribution in [-0.4, -0.2) is 43.0 Å². The molecule has 0 radical (unpaired) electrons. The van der Waals surface area contributed by atoms with Crippen LogP contribution in [0.2, 0.25) is 0 Å². The van der Waals surface area contributed by atoms with Crippen molar-refractivity contribution in [1.29, 1.82) is 0 Å². The Balaban J connectivity index is 2.10. The third-order valence-electron chi connectivity index (χ3n) is 3.72. The molecule has 5 nitrogen and oxygen atoms in total. The zero-order valence-electron chi connectivity index (χ0n) is 12.9. The summed E-state index contributed by atoms with van der Waals surface area (Å²) in [7, 11) is 0. The number of carbonyl (C=O) groups excluding carboxylic acids is 2. The molecule has 0 bridgehead atoms. The molecule has 0 fully saturated rings. The van der Waals surface area contributed by atoms with E-state index >= 15 is 0 Å². The van der Waals surface area contributed by atoms with E-state index in [-0.39, 0.29) is 18.4 Å². The molecule has 1 aliphatic rings. The fraction of sp³-hybridized carbons (Fsp3) is 0.500. The molecular weight excluding hydrogens is 268 g/mol. The van der Waals surface area contributed by atoms with Crippen LogP contribution < -0.4 is 9.64 Å². The number of amides is 2. The standard InChI is InChI=1S/C16H22N2O3/c1-4-17(5-2)15(19)8-9-18-13-7-6-12(3)10-14(13)21-11-16(18)20/h6-7,10H,4-5,8-9,11H2,1-3H3. The van der Waals surface area contributed by atoms with E-state index in [2.05, 4.69) is 0 Å². The van der Waals surface area contributed by atoms with Crippen LogP contribution in [0.25, 0.3) is 0 Å². The van der Waals surface area contributed by atoms with Crippen LogP contribution in [-0.2, 0) is 9.59 Å². The summed E-state index contributed by atoms with van der Waals surface area (Å²) in [6.07, 6.45) is 0.334. The highest BCUT2D eigenvalue weighted by atomic mass is 16.5. The van der Waals surface area contributed by atoms with E-state index in [0.29, 0.717) is 31.8 Å². The lowest BCUT2D eigenvalue weighted by atomic mass is 10.1. The van der Waals surface area contributed by atoms with Crippen LogP contribution >= 0.6 is 0 Å². The first-order valence-corrected chi connectivity index (χ1v) is 7.38. The minimum Gasteiger partial charge on any atom is -0.482 e. The number of rotatable bonds is 5. The maximum absolute atomic E-state index is 12.1. The Bertz CT molecular complexity index is 538. The largest absolute Gasteiger partial charge is 0.482 e. The Kier molecular flexibility index (Phi) is 4.83. The lowest BCUT2D eigenvalue weighted by molar-refractivity contribution is -0.130. The fourth-order valence-electron chi connectivity index (χ4n) is 2.50.